The van der Waals surface area contributed by atoms with Gasteiger partial charge in [0.25, 0.3) is 0 Å². The topological polar surface area (TPSA) is 49.4 Å². The fourth-order valence-corrected chi connectivity index (χ4v) is 3.70. The van der Waals surface area contributed by atoms with Crippen LogP contribution in [0.5, 0.6) is 0 Å². The van der Waals surface area contributed by atoms with Gasteiger partial charge in [0.05, 0.1) is 6.42 Å². The molecule has 0 spiro atoms. The highest BCUT2D eigenvalue weighted by Crippen LogP contribution is 2.18. The number of nitrogens with one attached hydrogen (secondary N) is 1. The molecule has 3 aromatic carbocycles. The first-order valence-electron chi connectivity index (χ1n) is 10.7. The second-order valence-corrected chi connectivity index (χ2v) is 8.06. The number of aryl methyl sites for hydroxylation is 2. The van der Waals surface area contributed by atoms with Crippen molar-refractivity contribution in [2.24, 2.45) is 0 Å². The first-order chi connectivity index (χ1) is 15.4. The van der Waals surface area contributed by atoms with E-state index in [2.05, 4.69) is 5.32 Å². The van der Waals surface area contributed by atoms with Crippen LogP contribution in [0.2, 0.25) is 0 Å². The van der Waals surface area contributed by atoms with E-state index >= 15 is 0 Å². The lowest BCUT2D eigenvalue weighted by atomic mass is 10.0. The van der Waals surface area contributed by atoms with E-state index in [0.29, 0.717) is 6.42 Å². The molecule has 0 saturated carbocycles. The molecule has 0 unspecified atom stereocenters. The quantitative estimate of drug-likeness (QED) is 0.575. The van der Waals surface area contributed by atoms with E-state index in [4.69, 9.17) is 0 Å². The molecule has 0 aliphatic heterocycles. The summed E-state index contributed by atoms with van der Waals surface area (Å²) < 4.78 is 13.4. The molecule has 0 bridgehead atoms. The van der Waals surface area contributed by atoms with Crippen LogP contribution in [0.1, 0.15) is 27.8 Å². The number of carbonyl (C=O) groups is 2. The van der Waals surface area contributed by atoms with Crippen molar-refractivity contribution in [3.05, 3.63) is 106 Å². The van der Waals surface area contributed by atoms with Crippen LogP contribution in [0.15, 0.2) is 72.8 Å². The number of amides is 2. The minimum absolute atomic E-state index is 0.151. The molecular formula is C27H29FN2O2. The van der Waals surface area contributed by atoms with Gasteiger partial charge in [-0.05, 0) is 53.8 Å². The van der Waals surface area contributed by atoms with Gasteiger partial charge in [0, 0.05) is 20.0 Å². The molecule has 0 saturated heterocycles. The van der Waals surface area contributed by atoms with E-state index in [1.54, 1.807) is 24.1 Å². The van der Waals surface area contributed by atoms with Crippen LogP contribution >= 0.6 is 0 Å². The molecule has 0 radical (unpaired) electrons. The summed E-state index contributed by atoms with van der Waals surface area (Å²) >= 11 is 0. The zero-order valence-electron chi connectivity index (χ0n) is 18.8. The van der Waals surface area contributed by atoms with Crippen molar-refractivity contribution in [3.8, 4) is 0 Å². The predicted molar refractivity (Wildman–Crippen MR) is 125 cm³/mol. The number of hydrogen-bond donors (Lipinski definition) is 1. The normalized spacial score (nSPS) is 11.6. The summed E-state index contributed by atoms with van der Waals surface area (Å²) in [6, 6.07) is 20.9. The van der Waals surface area contributed by atoms with Gasteiger partial charge in [0.2, 0.25) is 11.8 Å². The Morgan fingerprint density at radius 1 is 0.875 bits per heavy atom. The molecule has 4 nitrogen and oxygen atoms in total. The van der Waals surface area contributed by atoms with Crippen molar-refractivity contribution in [2.45, 2.75) is 39.3 Å². The van der Waals surface area contributed by atoms with E-state index in [-0.39, 0.29) is 30.6 Å². The van der Waals surface area contributed by atoms with E-state index in [1.165, 1.54) is 12.1 Å². The van der Waals surface area contributed by atoms with E-state index < -0.39 is 6.04 Å². The molecule has 0 aliphatic rings. The second-order valence-electron chi connectivity index (χ2n) is 8.06. The van der Waals surface area contributed by atoms with Gasteiger partial charge in [0.1, 0.15) is 11.9 Å². The zero-order chi connectivity index (χ0) is 23.1. The molecule has 3 aromatic rings. The predicted octanol–water partition coefficient (Wildman–Crippen LogP) is 4.37. The smallest absolute Gasteiger partial charge is 0.242 e. The third kappa shape index (κ3) is 6.03. The average molecular weight is 433 g/mol. The summed E-state index contributed by atoms with van der Waals surface area (Å²) in [5.74, 6) is -0.722. The van der Waals surface area contributed by atoms with Crippen LogP contribution in [-0.2, 0) is 29.0 Å². The summed E-state index contributed by atoms with van der Waals surface area (Å²) in [6.45, 7) is 4.26. The number of nitrogens with zero attached hydrogens (tertiary/aromatic N) is 1. The molecule has 1 atom stereocenters. The molecule has 0 heterocycles. The zero-order valence-corrected chi connectivity index (χ0v) is 18.8. The van der Waals surface area contributed by atoms with Crippen LogP contribution in [0.3, 0.4) is 0 Å². The third-order valence-electron chi connectivity index (χ3n) is 5.71. The lowest BCUT2D eigenvalue weighted by molar-refractivity contribution is -0.140. The van der Waals surface area contributed by atoms with Crippen LogP contribution < -0.4 is 5.32 Å². The maximum atomic E-state index is 13.5. The Morgan fingerprint density at radius 3 is 2.16 bits per heavy atom. The minimum atomic E-state index is -0.688. The number of hydrogen-bond acceptors (Lipinski definition) is 2. The van der Waals surface area contributed by atoms with Gasteiger partial charge in [-0.2, -0.15) is 0 Å². The second kappa shape index (κ2) is 10.7. The molecule has 3 rings (SSSR count). The SMILES string of the molecule is CNC(=O)[C@H](Cc1ccccc1)N(Cc1ccc(F)cc1)C(=O)Cc1ccc(C)c(C)c1. The summed E-state index contributed by atoms with van der Waals surface area (Å²) in [5.41, 5.74) is 4.91. The van der Waals surface area contributed by atoms with Crippen LogP contribution in [0.4, 0.5) is 4.39 Å². The summed E-state index contributed by atoms with van der Waals surface area (Å²) in [4.78, 5) is 28.0. The maximum Gasteiger partial charge on any atom is 0.242 e. The number of rotatable bonds is 8. The van der Waals surface area contributed by atoms with Gasteiger partial charge in [-0.25, -0.2) is 4.39 Å². The Labute approximate surface area is 189 Å². The largest absolute Gasteiger partial charge is 0.357 e. The van der Waals surface area contributed by atoms with Crippen LogP contribution in [-0.4, -0.2) is 29.8 Å². The molecule has 2 amide bonds. The standard InChI is InChI=1S/C27H29FN2O2/c1-19-9-10-23(15-20(19)2)17-26(31)30(18-22-11-13-24(28)14-12-22)25(27(32)29-3)16-21-7-5-4-6-8-21/h4-15,25H,16-18H2,1-3H3,(H,29,32)/t25-/m0/s1. The van der Waals surface area contributed by atoms with Crippen LogP contribution in [0.25, 0.3) is 0 Å². The van der Waals surface area contributed by atoms with Crippen molar-refractivity contribution in [1.29, 1.82) is 0 Å². The minimum Gasteiger partial charge on any atom is -0.357 e. The van der Waals surface area contributed by atoms with Crippen molar-refractivity contribution in [1.82, 2.24) is 10.2 Å². The number of carbonyl (C=O) groups excluding carboxylic acids is 2. The van der Waals surface area contributed by atoms with Gasteiger partial charge in [-0.1, -0.05) is 60.7 Å². The van der Waals surface area contributed by atoms with Crippen molar-refractivity contribution < 1.29 is 14.0 Å². The molecule has 0 fully saturated rings. The lowest BCUT2D eigenvalue weighted by Crippen LogP contribution is -2.50. The fourth-order valence-electron chi connectivity index (χ4n) is 3.70. The van der Waals surface area contributed by atoms with Gasteiger partial charge in [-0.15, -0.1) is 0 Å². The van der Waals surface area contributed by atoms with Crippen molar-refractivity contribution >= 4 is 11.8 Å². The van der Waals surface area contributed by atoms with Crippen molar-refractivity contribution in [3.63, 3.8) is 0 Å². The highest BCUT2D eigenvalue weighted by molar-refractivity contribution is 5.88. The monoisotopic (exact) mass is 432 g/mol. The first kappa shape index (κ1) is 23.2. The Hall–Kier alpha value is -3.47. The highest BCUT2D eigenvalue weighted by atomic mass is 19.1. The molecule has 32 heavy (non-hydrogen) atoms. The molecule has 1 N–H and O–H groups in total. The summed E-state index contributed by atoms with van der Waals surface area (Å²) in [5, 5.41) is 2.70. The van der Waals surface area contributed by atoms with Gasteiger partial charge in [-0.3, -0.25) is 9.59 Å². The fraction of sp³-hybridized carbons (Fsp3) is 0.259. The summed E-state index contributed by atoms with van der Waals surface area (Å²) in [6.07, 6.45) is 0.574. The molecule has 0 aliphatic carbocycles. The number of likely N-dealkylation sites (N-methyl/N-ethyl adjacent to an activating group) is 1. The van der Waals surface area contributed by atoms with E-state index in [0.717, 1.165) is 27.8 Å². The van der Waals surface area contributed by atoms with Crippen LogP contribution in [0, 0.1) is 19.7 Å². The van der Waals surface area contributed by atoms with E-state index in [1.807, 2.05) is 62.4 Å². The Balaban J connectivity index is 1.93. The Morgan fingerprint density at radius 2 is 1.53 bits per heavy atom. The highest BCUT2D eigenvalue weighted by Gasteiger charge is 2.29. The van der Waals surface area contributed by atoms with E-state index in [9.17, 15) is 14.0 Å². The van der Waals surface area contributed by atoms with Gasteiger partial charge < -0.3 is 10.2 Å². The molecular weight excluding hydrogens is 403 g/mol. The van der Waals surface area contributed by atoms with Gasteiger partial charge >= 0.3 is 0 Å². The molecule has 5 heteroatoms. The molecule has 0 aromatic heterocycles. The van der Waals surface area contributed by atoms with Gasteiger partial charge in [0.15, 0.2) is 0 Å². The first-order valence-corrected chi connectivity index (χ1v) is 10.7. The van der Waals surface area contributed by atoms with Crippen molar-refractivity contribution in [2.75, 3.05) is 7.05 Å². The maximum absolute atomic E-state index is 13.5. The number of halogens is 1. The molecule has 166 valence electrons. The lowest BCUT2D eigenvalue weighted by Gasteiger charge is -2.31. The number of benzene rings is 3. The summed E-state index contributed by atoms with van der Waals surface area (Å²) in [7, 11) is 1.57. The third-order valence-corrected chi connectivity index (χ3v) is 5.71. The average Bonchev–Trinajstić information content (AvgIpc) is 2.80. The Kier molecular flexibility index (Phi) is 7.77. The Bertz CT molecular complexity index is 1060.